The zero-order chi connectivity index (χ0) is 17.1. The summed E-state index contributed by atoms with van der Waals surface area (Å²) in [7, 11) is 1.55. The predicted molar refractivity (Wildman–Crippen MR) is 102 cm³/mol. The Kier molecular flexibility index (Phi) is 6.85. The molecule has 0 fully saturated rings. The monoisotopic (exact) mass is 380 g/mol. The summed E-state index contributed by atoms with van der Waals surface area (Å²) in [6, 6.07) is 15.2. The van der Waals surface area contributed by atoms with Crippen LogP contribution in [0.1, 0.15) is 22.7 Å². The number of rotatable bonds is 4. The molecule has 25 heavy (non-hydrogen) atoms. The fraction of sp³-hybridized carbons (Fsp3) is 0.316. The molecule has 0 radical (unpaired) electrons. The van der Waals surface area contributed by atoms with Gasteiger partial charge in [0.2, 0.25) is 5.91 Å². The van der Waals surface area contributed by atoms with Gasteiger partial charge in [-0.3, -0.25) is 4.79 Å². The topological polar surface area (TPSA) is 55.6 Å². The lowest BCUT2D eigenvalue weighted by molar-refractivity contribution is -0.137. The van der Waals surface area contributed by atoms with E-state index in [0.717, 1.165) is 17.5 Å². The highest BCUT2D eigenvalue weighted by atomic mass is 35.5. The van der Waals surface area contributed by atoms with Gasteiger partial charge in [-0.25, -0.2) is 0 Å². The second-order valence-electron chi connectivity index (χ2n) is 6.07. The van der Waals surface area contributed by atoms with Crippen LogP contribution in [0.15, 0.2) is 48.5 Å². The minimum atomic E-state index is -0.665. The van der Waals surface area contributed by atoms with Crippen LogP contribution in [0, 0.1) is 0 Å². The van der Waals surface area contributed by atoms with Gasteiger partial charge in [0.1, 0.15) is 6.04 Å². The van der Waals surface area contributed by atoms with Crippen molar-refractivity contribution in [3.05, 3.63) is 70.2 Å². The molecule has 1 amide bonds. The molecule has 1 heterocycles. The lowest BCUT2D eigenvalue weighted by Gasteiger charge is -2.38. The van der Waals surface area contributed by atoms with Crippen LogP contribution in [0.3, 0.4) is 0 Å². The number of carbonyl (C=O) groups excluding carboxylic acids is 1. The van der Waals surface area contributed by atoms with Crippen molar-refractivity contribution in [2.24, 2.45) is 5.73 Å². The summed E-state index contributed by atoms with van der Waals surface area (Å²) in [5, 5.41) is 0.681. The summed E-state index contributed by atoms with van der Waals surface area (Å²) >= 11 is 6.12. The van der Waals surface area contributed by atoms with E-state index in [2.05, 4.69) is 0 Å². The third kappa shape index (κ3) is 4.33. The van der Waals surface area contributed by atoms with Crippen molar-refractivity contribution < 1.29 is 9.53 Å². The highest BCUT2D eigenvalue weighted by molar-refractivity contribution is 6.30. The molecule has 0 saturated heterocycles. The van der Waals surface area contributed by atoms with Crippen molar-refractivity contribution in [2.75, 3.05) is 13.7 Å². The molecule has 0 saturated carbocycles. The third-order valence-electron chi connectivity index (χ3n) is 4.43. The summed E-state index contributed by atoms with van der Waals surface area (Å²) < 4.78 is 5.05. The van der Waals surface area contributed by atoms with Gasteiger partial charge in [-0.2, -0.15) is 0 Å². The van der Waals surface area contributed by atoms with Gasteiger partial charge in [0.05, 0.1) is 12.6 Å². The lowest BCUT2D eigenvalue weighted by Crippen LogP contribution is -2.49. The van der Waals surface area contributed by atoms with E-state index >= 15 is 0 Å². The molecule has 6 heteroatoms. The molecule has 2 aromatic carbocycles. The van der Waals surface area contributed by atoms with Crippen LogP contribution in [0.4, 0.5) is 0 Å². The van der Waals surface area contributed by atoms with Gasteiger partial charge in [0.25, 0.3) is 0 Å². The number of halogens is 2. The first-order valence-corrected chi connectivity index (χ1v) is 8.35. The fourth-order valence-electron chi connectivity index (χ4n) is 3.22. The molecule has 2 N–H and O–H groups in total. The molecule has 1 aliphatic heterocycles. The highest BCUT2D eigenvalue weighted by Gasteiger charge is 2.33. The Bertz CT molecular complexity index is 725. The number of hydrogen-bond acceptors (Lipinski definition) is 3. The van der Waals surface area contributed by atoms with Gasteiger partial charge < -0.3 is 15.4 Å². The summed E-state index contributed by atoms with van der Waals surface area (Å²) in [5.74, 6) is -0.101. The van der Waals surface area contributed by atoms with Crippen LogP contribution in [0.5, 0.6) is 0 Å². The van der Waals surface area contributed by atoms with E-state index in [9.17, 15) is 4.79 Å². The van der Waals surface area contributed by atoms with E-state index < -0.39 is 6.04 Å². The normalized spacial score (nSPS) is 17.4. The van der Waals surface area contributed by atoms with Crippen molar-refractivity contribution in [1.82, 2.24) is 4.90 Å². The van der Waals surface area contributed by atoms with Crippen molar-refractivity contribution >= 4 is 29.9 Å². The summed E-state index contributed by atoms with van der Waals surface area (Å²) in [4.78, 5) is 14.7. The number of amides is 1. The maximum absolute atomic E-state index is 12.9. The van der Waals surface area contributed by atoms with Gasteiger partial charge in [-0.05, 0) is 35.2 Å². The molecule has 4 nitrogen and oxygen atoms in total. The van der Waals surface area contributed by atoms with Crippen LogP contribution in [-0.4, -0.2) is 30.6 Å². The van der Waals surface area contributed by atoms with E-state index in [-0.39, 0.29) is 31.0 Å². The average Bonchev–Trinajstić information content (AvgIpc) is 2.61. The smallest absolute Gasteiger partial charge is 0.242 e. The van der Waals surface area contributed by atoms with Crippen LogP contribution in [-0.2, 0) is 22.5 Å². The third-order valence-corrected chi connectivity index (χ3v) is 4.66. The first-order chi connectivity index (χ1) is 11.6. The zero-order valence-electron chi connectivity index (χ0n) is 14.0. The number of carbonyl (C=O) groups is 1. The number of nitrogens with zero attached hydrogens (tertiary/aromatic N) is 1. The minimum absolute atomic E-state index is 0. The van der Waals surface area contributed by atoms with Crippen LogP contribution in [0.25, 0.3) is 0 Å². The molecule has 2 aromatic rings. The molecule has 0 bridgehead atoms. The van der Waals surface area contributed by atoms with E-state index in [1.165, 1.54) is 5.56 Å². The number of hydrogen-bond donors (Lipinski definition) is 1. The molecule has 2 atom stereocenters. The second-order valence-corrected chi connectivity index (χ2v) is 6.51. The van der Waals surface area contributed by atoms with Gasteiger partial charge in [-0.15, -0.1) is 12.4 Å². The van der Waals surface area contributed by atoms with E-state index in [1.807, 2.05) is 53.4 Å². The van der Waals surface area contributed by atoms with Crippen LogP contribution < -0.4 is 5.73 Å². The molecule has 2 unspecified atom stereocenters. The lowest BCUT2D eigenvalue weighted by atomic mass is 9.89. The molecular weight excluding hydrogens is 359 g/mol. The van der Waals surface area contributed by atoms with Crippen LogP contribution >= 0.6 is 24.0 Å². The first-order valence-electron chi connectivity index (χ1n) is 7.97. The molecule has 0 aliphatic carbocycles. The molecule has 0 aromatic heterocycles. The summed E-state index contributed by atoms with van der Waals surface area (Å²) in [6.45, 7) is 0.713. The van der Waals surface area contributed by atoms with Crippen molar-refractivity contribution in [3.63, 3.8) is 0 Å². The minimum Gasteiger partial charge on any atom is -0.383 e. The maximum atomic E-state index is 12.9. The molecule has 3 rings (SSSR count). The summed E-state index contributed by atoms with van der Waals surface area (Å²) in [5.41, 5.74) is 9.41. The number of fused-ring (bicyclic) bond motifs is 1. The highest BCUT2D eigenvalue weighted by Crippen LogP contribution is 2.34. The van der Waals surface area contributed by atoms with Crippen LogP contribution in [0.2, 0.25) is 5.02 Å². The van der Waals surface area contributed by atoms with Gasteiger partial charge in [0, 0.05) is 18.7 Å². The second kappa shape index (κ2) is 8.68. The van der Waals surface area contributed by atoms with E-state index in [1.54, 1.807) is 7.11 Å². The zero-order valence-corrected chi connectivity index (χ0v) is 15.6. The standard InChI is InChI=1S/C19H21ClN2O2.ClH/c1-24-12-17(21)19(23)22-11-15-9-16(20)8-7-14(15)10-18(22)13-5-3-2-4-6-13;/h2-9,17-18H,10-12,21H2,1H3;1H. The number of methoxy groups -OCH3 is 1. The molecule has 1 aliphatic rings. The Balaban J connectivity index is 0.00000225. The number of nitrogens with two attached hydrogens (primary N) is 1. The van der Waals surface area contributed by atoms with Gasteiger partial charge in [0.15, 0.2) is 0 Å². The quantitative estimate of drug-likeness (QED) is 0.884. The Hall–Kier alpha value is -1.59. The van der Waals surface area contributed by atoms with Crippen molar-refractivity contribution in [2.45, 2.75) is 25.0 Å². The largest absolute Gasteiger partial charge is 0.383 e. The summed E-state index contributed by atoms with van der Waals surface area (Å²) in [6.07, 6.45) is 0.752. The Morgan fingerprint density at radius 3 is 2.68 bits per heavy atom. The Morgan fingerprint density at radius 2 is 2.00 bits per heavy atom. The SMILES string of the molecule is COCC(N)C(=O)N1Cc2cc(Cl)ccc2CC1c1ccccc1.Cl. The van der Waals surface area contributed by atoms with E-state index in [0.29, 0.717) is 11.6 Å². The maximum Gasteiger partial charge on any atom is 0.242 e. The van der Waals surface area contributed by atoms with Crippen molar-refractivity contribution in [1.29, 1.82) is 0 Å². The average molecular weight is 381 g/mol. The molecular formula is C19H22Cl2N2O2. The number of benzene rings is 2. The predicted octanol–water partition coefficient (Wildman–Crippen LogP) is 3.36. The Labute approximate surface area is 159 Å². The van der Waals surface area contributed by atoms with Crippen molar-refractivity contribution in [3.8, 4) is 0 Å². The van der Waals surface area contributed by atoms with Gasteiger partial charge >= 0.3 is 0 Å². The van der Waals surface area contributed by atoms with E-state index in [4.69, 9.17) is 22.1 Å². The molecule has 134 valence electrons. The first kappa shape index (κ1) is 19.7. The molecule has 0 spiro atoms. The number of ether oxygens (including phenoxy) is 1. The Morgan fingerprint density at radius 1 is 1.28 bits per heavy atom. The van der Waals surface area contributed by atoms with Gasteiger partial charge in [-0.1, -0.05) is 48.0 Å². The fourth-order valence-corrected chi connectivity index (χ4v) is 3.42.